The van der Waals surface area contributed by atoms with Gasteiger partial charge in [-0.25, -0.2) is 4.79 Å². The number of nitrogens with two attached hydrogens (primary N) is 3. The number of rotatable bonds is 14. The summed E-state index contributed by atoms with van der Waals surface area (Å²) < 4.78 is 10.7. The molecule has 1 aliphatic rings. The lowest BCUT2D eigenvalue weighted by Gasteiger charge is -2.43. The number of hydrogen-bond acceptors (Lipinski definition) is 12. The average molecular weight is 550 g/mol. The fourth-order valence-electron chi connectivity index (χ4n) is 3.82. The second-order valence-electron chi connectivity index (χ2n) is 9.46. The SMILES string of the molecule is CC(=O)[C@](C)(C(=O)O)N(CC(C)O[C@@H]1[C@@H](N)[C@@H](O)O[C@H](CO)[C@H]1O)C(=O)CC[C@@H](NC(=O)[C@H](C)N)C(N)=O. The van der Waals surface area contributed by atoms with Crippen LogP contribution in [0.4, 0.5) is 0 Å². The molecule has 1 rings (SSSR count). The lowest BCUT2D eigenvalue weighted by Crippen LogP contribution is -2.64. The number of carbonyl (C=O) groups excluding carboxylic acids is 4. The molecule has 0 bridgehead atoms. The fraction of sp³-hybridized carbons (Fsp3) is 0.773. The van der Waals surface area contributed by atoms with E-state index in [4.69, 9.17) is 26.7 Å². The summed E-state index contributed by atoms with van der Waals surface area (Å²) in [5.41, 5.74) is 14.3. The molecule has 9 atom stereocenters. The van der Waals surface area contributed by atoms with Crippen LogP contribution in [0.1, 0.15) is 40.5 Å². The first-order chi connectivity index (χ1) is 17.5. The molecule has 0 radical (unpaired) electrons. The molecule has 1 aliphatic heterocycles. The predicted molar refractivity (Wildman–Crippen MR) is 129 cm³/mol. The van der Waals surface area contributed by atoms with Crippen molar-refractivity contribution in [3.8, 4) is 0 Å². The molecule has 1 saturated heterocycles. The molecule has 1 heterocycles. The van der Waals surface area contributed by atoms with Crippen LogP contribution in [-0.2, 0) is 33.4 Å². The van der Waals surface area contributed by atoms with Crippen LogP contribution in [0, 0.1) is 0 Å². The Morgan fingerprint density at radius 1 is 1.18 bits per heavy atom. The van der Waals surface area contributed by atoms with Gasteiger partial charge in [-0.2, -0.15) is 0 Å². The average Bonchev–Trinajstić information content (AvgIpc) is 2.83. The van der Waals surface area contributed by atoms with Gasteiger partial charge in [0.1, 0.15) is 24.4 Å². The number of nitrogens with one attached hydrogen (secondary N) is 1. The van der Waals surface area contributed by atoms with Crippen molar-refractivity contribution in [3.63, 3.8) is 0 Å². The van der Waals surface area contributed by atoms with Crippen molar-refractivity contribution in [1.29, 1.82) is 0 Å². The number of amides is 3. The molecular weight excluding hydrogens is 510 g/mol. The molecule has 1 unspecified atom stereocenters. The van der Waals surface area contributed by atoms with Crippen molar-refractivity contribution in [3.05, 3.63) is 0 Å². The number of hydrogen-bond donors (Lipinski definition) is 8. The minimum Gasteiger partial charge on any atom is -0.479 e. The Balaban J connectivity index is 3.18. The molecule has 11 N–H and O–H groups in total. The Bertz CT molecular complexity index is 872. The van der Waals surface area contributed by atoms with E-state index in [2.05, 4.69) is 5.32 Å². The third-order valence-electron chi connectivity index (χ3n) is 6.41. The maximum atomic E-state index is 13.3. The Morgan fingerprint density at radius 2 is 1.76 bits per heavy atom. The third-order valence-corrected chi connectivity index (χ3v) is 6.41. The Kier molecular flexibility index (Phi) is 12.2. The second kappa shape index (κ2) is 13.9. The molecule has 38 heavy (non-hydrogen) atoms. The van der Waals surface area contributed by atoms with Crippen LogP contribution >= 0.6 is 0 Å². The minimum absolute atomic E-state index is 0.320. The second-order valence-corrected chi connectivity index (χ2v) is 9.46. The van der Waals surface area contributed by atoms with E-state index in [-0.39, 0.29) is 6.42 Å². The summed E-state index contributed by atoms with van der Waals surface area (Å²) >= 11 is 0. The molecule has 16 nitrogen and oxygen atoms in total. The molecule has 16 heteroatoms. The predicted octanol–water partition coefficient (Wildman–Crippen LogP) is -4.48. The van der Waals surface area contributed by atoms with Gasteiger partial charge in [-0.15, -0.1) is 0 Å². The van der Waals surface area contributed by atoms with Crippen molar-refractivity contribution in [2.24, 2.45) is 17.2 Å². The summed E-state index contributed by atoms with van der Waals surface area (Å²) in [7, 11) is 0. The summed E-state index contributed by atoms with van der Waals surface area (Å²) in [5, 5.41) is 41.9. The number of aliphatic hydroxyl groups excluding tert-OH is 3. The molecule has 0 aromatic heterocycles. The zero-order chi connectivity index (χ0) is 29.5. The van der Waals surface area contributed by atoms with Crippen LogP contribution in [0.5, 0.6) is 0 Å². The van der Waals surface area contributed by atoms with E-state index in [0.29, 0.717) is 0 Å². The first kappa shape index (κ1) is 33.3. The summed E-state index contributed by atoms with van der Waals surface area (Å²) in [6, 6.07) is -3.53. The molecule has 1 fully saturated rings. The highest BCUT2D eigenvalue weighted by molar-refractivity contribution is 6.08. The highest BCUT2D eigenvalue weighted by Gasteiger charge is 2.48. The van der Waals surface area contributed by atoms with E-state index < -0.39 is 103 Å². The fourth-order valence-corrected chi connectivity index (χ4v) is 3.82. The zero-order valence-electron chi connectivity index (χ0n) is 21.8. The van der Waals surface area contributed by atoms with Crippen LogP contribution in [-0.4, -0.2) is 122 Å². The number of carboxylic acids is 1. The van der Waals surface area contributed by atoms with Gasteiger partial charge in [-0.3, -0.25) is 19.2 Å². The van der Waals surface area contributed by atoms with Crippen LogP contribution < -0.4 is 22.5 Å². The number of aliphatic carboxylic acids is 1. The van der Waals surface area contributed by atoms with E-state index in [9.17, 15) is 44.4 Å². The van der Waals surface area contributed by atoms with Gasteiger partial charge in [-0.1, -0.05) is 0 Å². The number of carboxylic acid groups (broad SMARTS) is 1. The van der Waals surface area contributed by atoms with Gasteiger partial charge in [0.15, 0.2) is 17.6 Å². The molecule has 218 valence electrons. The maximum Gasteiger partial charge on any atom is 0.337 e. The van der Waals surface area contributed by atoms with Gasteiger partial charge in [0.25, 0.3) is 0 Å². The van der Waals surface area contributed by atoms with E-state index in [1.807, 2.05) is 0 Å². The molecule has 0 aliphatic carbocycles. The van der Waals surface area contributed by atoms with Crippen LogP contribution in [0.2, 0.25) is 0 Å². The standard InChI is InChI=1S/C22H39N5O11/c1-9(37-17-15(24)20(34)38-13(8-28)16(17)31)7-27(22(4,11(3)29)21(35)36)14(30)6-5-12(18(25)32)26-19(33)10(2)23/h9-10,12-13,15-17,20,28,31,34H,5-8,23-24H2,1-4H3,(H2,25,32)(H,26,33)(H,35,36)/t9?,10-,12+,13+,15+,16+,17+,20-,22+/m0/s1. The molecule has 0 spiro atoms. The van der Waals surface area contributed by atoms with Crippen molar-refractivity contribution in [2.75, 3.05) is 13.2 Å². The largest absolute Gasteiger partial charge is 0.479 e. The van der Waals surface area contributed by atoms with Gasteiger partial charge < -0.3 is 57.3 Å². The number of aliphatic hydroxyl groups is 3. The van der Waals surface area contributed by atoms with Gasteiger partial charge >= 0.3 is 5.97 Å². The van der Waals surface area contributed by atoms with Crippen molar-refractivity contribution in [1.82, 2.24) is 10.2 Å². The smallest absolute Gasteiger partial charge is 0.337 e. The van der Waals surface area contributed by atoms with Crippen molar-refractivity contribution < 1.29 is 53.9 Å². The topological polar surface area (TPSA) is 278 Å². The molecule has 0 aromatic carbocycles. The monoisotopic (exact) mass is 549 g/mol. The van der Waals surface area contributed by atoms with E-state index in [1.165, 1.54) is 13.8 Å². The number of ether oxygens (including phenoxy) is 2. The summed E-state index contributed by atoms with van der Waals surface area (Å²) in [6.07, 6.45) is -7.46. The molecule has 0 saturated carbocycles. The van der Waals surface area contributed by atoms with Gasteiger partial charge in [-0.05, 0) is 34.1 Å². The quantitative estimate of drug-likeness (QED) is 0.0950. The Hall–Kier alpha value is -2.73. The Morgan fingerprint density at radius 3 is 2.21 bits per heavy atom. The summed E-state index contributed by atoms with van der Waals surface area (Å²) in [6.45, 7) is 3.63. The lowest BCUT2D eigenvalue weighted by molar-refractivity contribution is -0.263. The molecule has 3 amide bonds. The van der Waals surface area contributed by atoms with Gasteiger partial charge in [0.2, 0.25) is 17.7 Å². The number of Topliss-reactive ketones (excluding diaryl/α,β-unsaturated/α-hetero) is 1. The summed E-state index contributed by atoms with van der Waals surface area (Å²) in [4.78, 5) is 62.2. The van der Waals surface area contributed by atoms with Crippen LogP contribution in [0.3, 0.4) is 0 Å². The van der Waals surface area contributed by atoms with Crippen LogP contribution in [0.25, 0.3) is 0 Å². The zero-order valence-corrected chi connectivity index (χ0v) is 21.8. The number of primary amides is 1. The minimum atomic E-state index is -2.35. The number of carbonyl (C=O) groups is 5. The van der Waals surface area contributed by atoms with Gasteiger partial charge in [0, 0.05) is 13.0 Å². The van der Waals surface area contributed by atoms with Crippen LogP contribution in [0.15, 0.2) is 0 Å². The third kappa shape index (κ3) is 7.89. The number of nitrogens with zero attached hydrogens (tertiary/aromatic N) is 1. The van der Waals surface area contributed by atoms with Crippen molar-refractivity contribution >= 4 is 29.5 Å². The summed E-state index contributed by atoms with van der Waals surface area (Å²) in [5.74, 6) is -5.07. The van der Waals surface area contributed by atoms with E-state index >= 15 is 0 Å². The first-order valence-electron chi connectivity index (χ1n) is 11.9. The highest BCUT2D eigenvalue weighted by Crippen LogP contribution is 2.25. The lowest BCUT2D eigenvalue weighted by atomic mass is 9.93. The molecular formula is C22H39N5O11. The van der Waals surface area contributed by atoms with E-state index in [0.717, 1.165) is 18.7 Å². The van der Waals surface area contributed by atoms with Gasteiger partial charge in [0.05, 0.1) is 24.8 Å². The van der Waals surface area contributed by atoms with E-state index in [1.54, 1.807) is 0 Å². The molecule has 0 aromatic rings. The maximum absolute atomic E-state index is 13.3. The van der Waals surface area contributed by atoms with Crippen molar-refractivity contribution in [2.45, 2.75) is 94.9 Å². The highest BCUT2D eigenvalue weighted by atomic mass is 16.6. The normalized spacial score (nSPS) is 27.3. The number of ketones is 1. The Labute approximate surface area is 219 Å². The first-order valence-corrected chi connectivity index (χ1v) is 11.9.